The quantitative estimate of drug-likeness (QED) is 0.703. The smallest absolute Gasteiger partial charge is 0.0843 e. The molecule has 58 valence electrons. The monoisotopic (exact) mass is 241 g/mol. The molecule has 0 saturated heterocycles. The lowest BCUT2D eigenvalue weighted by Crippen LogP contribution is -1.65. The van der Waals surface area contributed by atoms with Gasteiger partial charge in [0.05, 0.1) is 4.90 Å². The molecule has 0 fully saturated rings. The number of halogens is 2. The molecule has 0 spiro atoms. The lowest BCUT2D eigenvalue weighted by Gasteiger charge is -1.89. The fourth-order valence-corrected chi connectivity index (χ4v) is 3.68. The molecule has 11 heavy (non-hydrogen) atoms. The van der Waals surface area contributed by atoms with E-state index >= 15 is 0 Å². The SMILES string of the molecule is S=[P+](Cl)Sc1cccc(Cl)c1. The molecule has 0 bridgehead atoms. The van der Waals surface area contributed by atoms with Crippen LogP contribution in [0.4, 0.5) is 0 Å². The summed E-state index contributed by atoms with van der Waals surface area (Å²) in [7, 11) is 0. The van der Waals surface area contributed by atoms with E-state index in [4.69, 9.17) is 34.6 Å². The van der Waals surface area contributed by atoms with Crippen LogP contribution < -0.4 is 0 Å². The molecule has 1 rings (SSSR count). The van der Waals surface area contributed by atoms with Crippen molar-refractivity contribution in [2.45, 2.75) is 4.90 Å². The first kappa shape index (κ1) is 9.76. The van der Waals surface area contributed by atoms with E-state index in [2.05, 4.69) is 0 Å². The Kier molecular flexibility index (Phi) is 4.11. The fourth-order valence-electron chi connectivity index (χ4n) is 0.607. The second-order valence-electron chi connectivity index (χ2n) is 1.76. The van der Waals surface area contributed by atoms with Crippen LogP contribution in [-0.4, -0.2) is 0 Å². The molecule has 0 aliphatic carbocycles. The van der Waals surface area contributed by atoms with Gasteiger partial charge in [0.15, 0.2) is 34.4 Å². The Balaban J connectivity index is 2.79. The molecule has 0 saturated carbocycles. The Hall–Kier alpha value is 0.670. The topological polar surface area (TPSA) is 0 Å². The maximum atomic E-state index is 5.75. The van der Waals surface area contributed by atoms with E-state index in [1.807, 2.05) is 24.3 Å². The molecule has 0 aliphatic rings. The van der Waals surface area contributed by atoms with Crippen molar-refractivity contribution in [3.05, 3.63) is 29.3 Å². The van der Waals surface area contributed by atoms with Gasteiger partial charge in [-0.25, -0.2) is 0 Å². The number of hydrogen-bond donors (Lipinski definition) is 0. The van der Waals surface area contributed by atoms with E-state index in [1.54, 1.807) is 0 Å². The predicted octanol–water partition coefficient (Wildman–Crippen LogP) is 4.44. The summed E-state index contributed by atoms with van der Waals surface area (Å²) in [5.41, 5.74) is 0. The van der Waals surface area contributed by atoms with Gasteiger partial charge >= 0.3 is 5.25 Å². The minimum Gasteiger partial charge on any atom is -0.0843 e. The summed E-state index contributed by atoms with van der Waals surface area (Å²) in [6, 6.07) is 7.51. The molecule has 1 unspecified atom stereocenters. The first-order chi connectivity index (χ1) is 5.18. The van der Waals surface area contributed by atoms with Gasteiger partial charge in [-0.1, -0.05) is 17.7 Å². The highest BCUT2D eigenvalue weighted by molar-refractivity contribution is 8.71. The van der Waals surface area contributed by atoms with Crippen LogP contribution in [0.25, 0.3) is 0 Å². The number of rotatable bonds is 2. The zero-order valence-electron chi connectivity index (χ0n) is 5.33. The third-order valence-corrected chi connectivity index (χ3v) is 4.17. The molecule has 1 aromatic carbocycles. The summed E-state index contributed by atoms with van der Waals surface area (Å²) >= 11 is 17.7. The van der Waals surface area contributed by atoms with Gasteiger partial charge in [0.1, 0.15) is 0 Å². The molecular weight excluding hydrogens is 238 g/mol. The van der Waals surface area contributed by atoms with E-state index in [0.29, 0.717) is 0 Å². The fraction of sp³-hybridized carbons (Fsp3) is 0. The standard InChI is InChI=1S/C6H4Cl2PS2/c7-5-2-1-3-6(4-5)11-9(8)10/h1-4H/q+1. The Morgan fingerprint density at radius 2 is 2.18 bits per heavy atom. The van der Waals surface area contributed by atoms with Gasteiger partial charge in [0.2, 0.25) is 0 Å². The van der Waals surface area contributed by atoms with Crippen LogP contribution in [0.2, 0.25) is 5.02 Å². The average molecular weight is 242 g/mol. The molecular formula is C6H4Cl2PS2+. The molecule has 0 heterocycles. The molecule has 0 aromatic heterocycles. The van der Waals surface area contributed by atoms with Crippen molar-refractivity contribution in [3.63, 3.8) is 0 Å². The minimum absolute atomic E-state index is 0.721. The van der Waals surface area contributed by atoms with Gasteiger partial charge in [0, 0.05) is 5.02 Å². The summed E-state index contributed by atoms with van der Waals surface area (Å²) in [6.07, 6.45) is 0. The Bertz CT molecular complexity index is 277. The summed E-state index contributed by atoms with van der Waals surface area (Å²) in [5, 5.41) is -0.155. The van der Waals surface area contributed by atoms with Gasteiger partial charge in [-0.2, -0.15) is 0 Å². The van der Waals surface area contributed by atoms with Crippen molar-refractivity contribution in [3.8, 4) is 0 Å². The maximum Gasteiger partial charge on any atom is 0.366 e. The lowest BCUT2D eigenvalue weighted by molar-refractivity contribution is 1.48. The first-order valence-electron chi connectivity index (χ1n) is 2.75. The van der Waals surface area contributed by atoms with Gasteiger partial charge in [-0.05, 0) is 18.2 Å². The van der Waals surface area contributed by atoms with Gasteiger partial charge in [0.25, 0.3) is 0 Å². The zero-order chi connectivity index (χ0) is 8.27. The van der Waals surface area contributed by atoms with Gasteiger partial charge in [-0.15, -0.1) is 0 Å². The van der Waals surface area contributed by atoms with Crippen LogP contribution in [-0.2, 0) is 11.8 Å². The number of hydrogen-bond acceptors (Lipinski definition) is 2. The highest BCUT2D eigenvalue weighted by Crippen LogP contribution is 2.48. The van der Waals surface area contributed by atoms with Crippen molar-refractivity contribution < 1.29 is 0 Å². The second kappa shape index (κ2) is 4.64. The van der Waals surface area contributed by atoms with Crippen molar-refractivity contribution in [2.24, 2.45) is 0 Å². The Labute approximate surface area is 85.2 Å². The predicted molar refractivity (Wildman–Crippen MR) is 57.4 cm³/mol. The average Bonchev–Trinajstić information content (AvgIpc) is 1.85. The Morgan fingerprint density at radius 1 is 1.45 bits per heavy atom. The van der Waals surface area contributed by atoms with E-state index in [1.165, 1.54) is 11.4 Å². The molecule has 0 nitrogen and oxygen atoms in total. The number of benzene rings is 1. The highest BCUT2D eigenvalue weighted by atomic mass is 35.7. The Morgan fingerprint density at radius 3 is 2.73 bits per heavy atom. The van der Waals surface area contributed by atoms with Crippen LogP contribution >= 0.6 is 39.5 Å². The van der Waals surface area contributed by atoms with Crippen molar-refractivity contribution in [2.75, 3.05) is 0 Å². The zero-order valence-corrected chi connectivity index (χ0v) is 9.37. The third kappa shape index (κ3) is 3.73. The van der Waals surface area contributed by atoms with Crippen molar-refractivity contribution >= 4 is 51.3 Å². The molecule has 0 radical (unpaired) electrons. The molecule has 0 aliphatic heterocycles. The summed E-state index contributed by atoms with van der Waals surface area (Å²) < 4.78 is 0. The van der Waals surface area contributed by atoms with E-state index < -0.39 is 5.25 Å². The van der Waals surface area contributed by atoms with Crippen LogP contribution in [0.5, 0.6) is 0 Å². The summed E-state index contributed by atoms with van der Waals surface area (Å²) in [4.78, 5) is 1.04. The molecule has 0 amide bonds. The van der Waals surface area contributed by atoms with Crippen LogP contribution in [0.15, 0.2) is 29.2 Å². The molecule has 5 heteroatoms. The van der Waals surface area contributed by atoms with Gasteiger partial charge in [-0.3, -0.25) is 0 Å². The largest absolute Gasteiger partial charge is 0.366 e. The third-order valence-electron chi connectivity index (χ3n) is 0.973. The molecule has 0 N–H and O–H groups in total. The van der Waals surface area contributed by atoms with E-state index in [0.717, 1.165) is 9.92 Å². The summed E-state index contributed by atoms with van der Waals surface area (Å²) in [5.74, 6) is 0. The normalized spacial score (nSPS) is 11.3. The lowest BCUT2D eigenvalue weighted by atomic mass is 10.4. The summed E-state index contributed by atoms with van der Waals surface area (Å²) in [6.45, 7) is 0. The van der Waals surface area contributed by atoms with Crippen molar-refractivity contribution in [1.29, 1.82) is 0 Å². The van der Waals surface area contributed by atoms with E-state index in [-0.39, 0.29) is 0 Å². The molecule has 1 aromatic rings. The van der Waals surface area contributed by atoms with Crippen LogP contribution in [0, 0.1) is 0 Å². The van der Waals surface area contributed by atoms with Gasteiger partial charge < -0.3 is 0 Å². The van der Waals surface area contributed by atoms with Crippen LogP contribution in [0.3, 0.4) is 0 Å². The van der Waals surface area contributed by atoms with Crippen LogP contribution in [0.1, 0.15) is 0 Å². The first-order valence-corrected chi connectivity index (χ1v) is 7.81. The molecule has 1 atom stereocenters. The maximum absolute atomic E-state index is 5.75. The van der Waals surface area contributed by atoms with E-state index in [9.17, 15) is 0 Å². The van der Waals surface area contributed by atoms with Crippen molar-refractivity contribution in [1.82, 2.24) is 0 Å². The minimum atomic E-state index is -0.876. The second-order valence-corrected chi connectivity index (χ2v) is 8.93. The highest BCUT2D eigenvalue weighted by Gasteiger charge is 2.09.